The van der Waals surface area contributed by atoms with Crippen LogP contribution < -0.4 is 20.3 Å². The number of hydrogen-bond acceptors (Lipinski definition) is 8. The van der Waals surface area contributed by atoms with Crippen LogP contribution in [0.2, 0.25) is 17.1 Å². The largest absolute Gasteiger partial charge is 0.497 e. The maximum Gasteiger partial charge on any atom is 0.460 e. The number of alkyl halides is 17. The molecule has 10 nitrogen and oxygen atoms in total. The summed E-state index contributed by atoms with van der Waals surface area (Å²) in [5.74, 6) is -57.2. The van der Waals surface area contributed by atoms with Gasteiger partial charge in [-0.25, -0.2) is 10.3 Å². The lowest BCUT2D eigenvalue weighted by atomic mass is 9.88. The minimum Gasteiger partial charge on any atom is -0.497 e. The predicted molar refractivity (Wildman–Crippen MR) is 218 cm³/mol. The van der Waals surface area contributed by atoms with E-state index in [9.17, 15) is 75.4 Å². The van der Waals surface area contributed by atoms with E-state index >= 15 is 8.78 Å². The average molecular weight is 1060 g/mol. The molecule has 2 atom stereocenters. The first-order chi connectivity index (χ1) is 31.9. The predicted octanol–water partition coefficient (Wildman–Crippen LogP) is 13.0. The van der Waals surface area contributed by atoms with Crippen LogP contribution in [-0.4, -0.2) is 107 Å². The third kappa shape index (κ3) is 13.0. The fourth-order valence-electron chi connectivity index (χ4n) is 6.81. The minimum atomic E-state index is -8.71. The van der Waals surface area contributed by atoms with Crippen molar-refractivity contribution in [3.63, 3.8) is 0 Å². The third-order valence-electron chi connectivity index (χ3n) is 10.9. The molecule has 0 saturated heterocycles. The Labute approximate surface area is 390 Å². The van der Waals surface area contributed by atoms with Crippen LogP contribution in [0.15, 0.2) is 72.3 Å². The van der Waals surface area contributed by atoms with E-state index in [1.165, 1.54) is 89.9 Å². The van der Waals surface area contributed by atoms with Crippen LogP contribution in [0, 0.1) is 0 Å². The van der Waals surface area contributed by atoms with Crippen molar-refractivity contribution < 1.29 is 113 Å². The normalized spacial score (nSPS) is 15.0. The summed E-state index contributed by atoms with van der Waals surface area (Å²) in [6.45, 7) is 5.77. The summed E-state index contributed by atoms with van der Waals surface area (Å²) in [5.41, 5.74) is 0.687. The van der Waals surface area contributed by atoms with Crippen LogP contribution in [0.4, 0.5) is 85.1 Å². The number of amides is 2. The summed E-state index contributed by atoms with van der Waals surface area (Å²) in [4.78, 5) is 24.6. The molecule has 0 heterocycles. The second-order valence-electron chi connectivity index (χ2n) is 16.1. The van der Waals surface area contributed by atoms with Gasteiger partial charge >= 0.3 is 53.7 Å². The molecular formula is C42H49F17N2O8Si. The molecule has 0 unspecified atom stereocenters. The van der Waals surface area contributed by atoms with Crippen LogP contribution in [0.25, 0.3) is 0 Å². The maximum atomic E-state index is 15.1. The highest BCUT2D eigenvalue weighted by atomic mass is 28.4. The van der Waals surface area contributed by atoms with Gasteiger partial charge in [0.2, 0.25) is 0 Å². The number of benzene rings is 2. The molecule has 2 amide bonds. The van der Waals surface area contributed by atoms with Crippen molar-refractivity contribution in [2.45, 2.75) is 124 Å². The SMILES string of the molecule is COc1ccc(NC(=O)O[C@H](c2ccc(OCCO[Si](CCC(F)(F)C(F)(F)C(F)(F)C(F)(F)C(F)(F)C(F)(F)C(F)(F)C(F)(F)F)(C(C)C)C(C)C)cc2)[C@@H](C/C=C/C(C)=C/C(=O)NO)OC)cc1. The van der Waals surface area contributed by atoms with Gasteiger partial charge in [-0.15, -0.1) is 0 Å². The number of carbonyl (C=O) groups is 2. The van der Waals surface area contributed by atoms with Crippen molar-refractivity contribution in [1.29, 1.82) is 0 Å². The topological polar surface area (TPSA) is 125 Å². The van der Waals surface area contributed by atoms with Gasteiger partial charge in [0.15, 0.2) is 14.4 Å². The van der Waals surface area contributed by atoms with E-state index in [0.29, 0.717) is 22.6 Å². The molecular weight excluding hydrogens is 1010 g/mol. The van der Waals surface area contributed by atoms with Gasteiger partial charge in [-0.1, -0.05) is 52.0 Å². The van der Waals surface area contributed by atoms with Gasteiger partial charge in [-0.2, -0.15) is 74.6 Å². The lowest BCUT2D eigenvalue weighted by Crippen LogP contribution is -2.74. The summed E-state index contributed by atoms with van der Waals surface area (Å²) < 4.78 is 265. The van der Waals surface area contributed by atoms with E-state index < -0.39 is 117 Å². The summed E-state index contributed by atoms with van der Waals surface area (Å²) in [7, 11) is -1.29. The first kappa shape index (κ1) is 61.3. The quantitative estimate of drug-likeness (QED) is 0.0162. The molecule has 2 rings (SSSR count). The van der Waals surface area contributed by atoms with Crippen molar-refractivity contribution in [2.75, 3.05) is 32.8 Å². The van der Waals surface area contributed by atoms with Crippen molar-refractivity contribution in [1.82, 2.24) is 5.48 Å². The highest BCUT2D eigenvalue weighted by molar-refractivity contribution is 6.76. The molecule has 0 spiro atoms. The van der Waals surface area contributed by atoms with E-state index in [1.807, 2.05) is 0 Å². The van der Waals surface area contributed by atoms with Gasteiger partial charge in [0, 0.05) is 25.3 Å². The van der Waals surface area contributed by atoms with Crippen LogP contribution in [0.1, 0.15) is 59.1 Å². The van der Waals surface area contributed by atoms with E-state index in [0.717, 1.165) is 6.08 Å². The van der Waals surface area contributed by atoms with Gasteiger partial charge < -0.3 is 23.4 Å². The molecule has 398 valence electrons. The molecule has 70 heavy (non-hydrogen) atoms. The Bertz CT molecular complexity index is 2080. The number of ether oxygens (including phenoxy) is 4. The second kappa shape index (κ2) is 23.1. The number of methoxy groups -OCH3 is 2. The average Bonchev–Trinajstić information content (AvgIpc) is 3.26. The highest BCUT2D eigenvalue weighted by Crippen LogP contribution is 2.64. The highest BCUT2D eigenvalue weighted by Gasteiger charge is 2.95. The number of nitrogens with one attached hydrogen (secondary N) is 2. The number of hydrogen-bond donors (Lipinski definition) is 3. The molecule has 0 aliphatic rings. The summed E-state index contributed by atoms with van der Waals surface area (Å²) in [6.07, 6.45) is -9.13. The van der Waals surface area contributed by atoms with Gasteiger partial charge in [0.1, 0.15) is 24.2 Å². The molecule has 0 bridgehead atoms. The van der Waals surface area contributed by atoms with E-state index in [4.69, 9.17) is 28.6 Å². The van der Waals surface area contributed by atoms with Gasteiger partial charge in [-0.05, 0) is 78.0 Å². The number of carbonyl (C=O) groups excluding carboxylic acids is 2. The van der Waals surface area contributed by atoms with Crippen molar-refractivity contribution in [3.8, 4) is 11.5 Å². The molecule has 2 aromatic rings. The molecule has 3 N–H and O–H groups in total. The monoisotopic (exact) mass is 1060 g/mol. The van der Waals surface area contributed by atoms with Crippen molar-refractivity contribution in [2.24, 2.45) is 0 Å². The Morgan fingerprint density at radius 2 is 1.17 bits per heavy atom. The molecule has 2 aromatic carbocycles. The first-order valence-electron chi connectivity index (χ1n) is 20.4. The Hall–Kier alpha value is -4.83. The van der Waals surface area contributed by atoms with Crippen LogP contribution in [0.5, 0.6) is 11.5 Å². The maximum absolute atomic E-state index is 15.1. The standard InChI is InChI=1S/C42H49F17N2O8Si/c1-24(2)70(25(3)4,22-19-35(43,44)36(45,46)37(47,48)38(49,50)39(51,52)40(53,54)41(55,56)42(57,58)59)68-21-20-67-30-15-11-27(12-16-30)33(31(66-7)10-8-9-26(5)23-32(62)61-64)69-34(63)60-28-13-17-29(65-6)18-14-28/h8-9,11-18,23-25,31,33,64H,10,19-22H2,1-7H3,(H,60,63)(H,61,62)/b9-8+,26-23+/t31-,33-/m1/s1. The first-order valence-corrected chi connectivity index (χ1v) is 22.7. The Morgan fingerprint density at radius 1 is 0.686 bits per heavy atom. The van der Waals surface area contributed by atoms with Crippen LogP contribution in [0.3, 0.4) is 0 Å². The number of allylic oxidation sites excluding steroid dienone is 2. The molecule has 0 aliphatic carbocycles. The zero-order valence-electron chi connectivity index (χ0n) is 37.9. The number of hydroxylamine groups is 1. The summed E-state index contributed by atoms with van der Waals surface area (Å²) in [5, 5.41) is 11.3. The molecule has 0 radical (unpaired) electrons. The zero-order valence-corrected chi connectivity index (χ0v) is 38.9. The lowest BCUT2D eigenvalue weighted by Gasteiger charge is -2.44. The smallest absolute Gasteiger partial charge is 0.460 e. The summed E-state index contributed by atoms with van der Waals surface area (Å²) in [6, 6.07) is 10.5. The number of rotatable bonds is 26. The van der Waals surface area contributed by atoms with Crippen molar-refractivity contribution in [3.05, 3.63) is 77.9 Å². The van der Waals surface area contributed by atoms with Crippen molar-refractivity contribution >= 4 is 26.0 Å². The number of anilines is 1. The fraction of sp³-hybridized carbons (Fsp3) is 0.571. The minimum absolute atomic E-state index is 0.0794. The zero-order chi connectivity index (χ0) is 54.1. The summed E-state index contributed by atoms with van der Waals surface area (Å²) >= 11 is 0. The van der Waals surface area contributed by atoms with Crippen LogP contribution in [-0.2, 0) is 18.7 Å². The van der Waals surface area contributed by atoms with E-state index in [1.54, 1.807) is 25.1 Å². The Morgan fingerprint density at radius 3 is 1.63 bits per heavy atom. The van der Waals surface area contributed by atoms with Gasteiger partial charge in [0.05, 0.1) is 13.7 Å². The second-order valence-corrected chi connectivity index (χ2v) is 21.1. The Balaban J connectivity index is 2.34. The lowest BCUT2D eigenvalue weighted by molar-refractivity contribution is -0.461. The molecule has 0 aromatic heterocycles. The molecule has 0 saturated carbocycles. The van der Waals surface area contributed by atoms with E-state index in [2.05, 4.69) is 5.32 Å². The van der Waals surface area contributed by atoms with Gasteiger partial charge in [-0.3, -0.25) is 15.3 Å². The third-order valence-corrected chi connectivity index (χ3v) is 16.6. The van der Waals surface area contributed by atoms with Gasteiger partial charge in [0.25, 0.3) is 5.91 Å². The molecule has 0 fully saturated rings. The van der Waals surface area contributed by atoms with E-state index in [-0.39, 0.29) is 12.2 Å². The van der Waals surface area contributed by atoms with Crippen LogP contribution >= 0.6 is 0 Å². The molecule has 0 aliphatic heterocycles. The fourth-order valence-corrected chi connectivity index (χ4v) is 11.3. The molecule has 28 heteroatoms. The number of halogens is 17. The Kier molecular flexibility index (Phi) is 20.3.